The summed E-state index contributed by atoms with van der Waals surface area (Å²) in [6.45, 7) is 2.08. The fourth-order valence-electron chi connectivity index (χ4n) is 1.84. The Labute approximate surface area is 116 Å². The molecule has 1 heterocycles. The van der Waals surface area contributed by atoms with Crippen LogP contribution in [0, 0.1) is 0 Å². The lowest BCUT2D eigenvalue weighted by atomic mass is 10.3. The molecule has 1 aromatic carbocycles. The Morgan fingerprint density at radius 2 is 2.11 bits per heavy atom. The van der Waals surface area contributed by atoms with E-state index in [2.05, 4.69) is 17.2 Å². The molecule has 0 bridgehead atoms. The zero-order chi connectivity index (χ0) is 13.7. The topological polar surface area (TPSA) is 46.9 Å². The molecule has 0 spiro atoms. The van der Waals surface area contributed by atoms with Gasteiger partial charge in [0.25, 0.3) is 0 Å². The van der Waals surface area contributed by atoms with Crippen LogP contribution in [0.3, 0.4) is 0 Å². The highest BCUT2D eigenvalue weighted by atomic mass is 32.2. The number of rotatable bonds is 6. The lowest BCUT2D eigenvalue weighted by Gasteiger charge is -2.15. The molecule has 4 nitrogen and oxygen atoms in total. The van der Waals surface area contributed by atoms with Gasteiger partial charge in [0, 0.05) is 46.9 Å². The van der Waals surface area contributed by atoms with E-state index in [0.29, 0.717) is 5.75 Å². The van der Waals surface area contributed by atoms with Gasteiger partial charge >= 0.3 is 0 Å². The summed E-state index contributed by atoms with van der Waals surface area (Å²) in [5, 5.41) is 3.36. The molecule has 0 aliphatic rings. The fraction of sp³-hybridized carbons (Fsp3) is 0.357. The van der Waals surface area contributed by atoms with E-state index >= 15 is 0 Å². The number of nitrogens with one attached hydrogen (secondary N) is 1. The first kappa shape index (κ1) is 13.8. The van der Waals surface area contributed by atoms with Gasteiger partial charge in [-0.2, -0.15) is 0 Å². The number of hydrogen-bond donors (Lipinski definition) is 1. The highest BCUT2D eigenvalue weighted by Crippen LogP contribution is 2.15. The Kier molecular flexibility index (Phi) is 4.74. The van der Waals surface area contributed by atoms with Gasteiger partial charge in [0.1, 0.15) is 0 Å². The van der Waals surface area contributed by atoms with Gasteiger partial charge in [-0.1, -0.05) is 18.2 Å². The number of aromatic nitrogens is 2. The Morgan fingerprint density at radius 3 is 2.79 bits per heavy atom. The lowest BCUT2D eigenvalue weighted by Crippen LogP contribution is -2.20. The van der Waals surface area contributed by atoms with Gasteiger partial charge in [0.2, 0.25) is 5.95 Å². The van der Waals surface area contributed by atoms with Crippen LogP contribution in [0.1, 0.15) is 13.3 Å². The molecule has 19 heavy (non-hydrogen) atoms. The van der Waals surface area contributed by atoms with Crippen molar-refractivity contribution in [2.45, 2.75) is 19.4 Å². The summed E-state index contributed by atoms with van der Waals surface area (Å²) in [5.74, 6) is 1.53. The minimum absolute atomic E-state index is 0.244. The molecule has 102 valence electrons. The van der Waals surface area contributed by atoms with E-state index in [4.69, 9.17) is 0 Å². The van der Waals surface area contributed by atoms with Gasteiger partial charge in [-0.15, -0.1) is 0 Å². The summed E-state index contributed by atoms with van der Waals surface area (Å²) in [5.41, 5.74) is 1.08. The van der Waals surface area contributed by atoms with Crippen LogP contribution in [-0.2, 0) is 10.8 Å². The average Bonchev–Trinajstić information content (AvgIpc) is 2.85. The Morgan fingerprint density at radius 1 is 1.37 bits per heavy atom. The van der Waals surface area contributed by atoms with Gasteiger partial charge in [-0.3, -0.25) is 8.78 Å². The molecule has 1 N–H and O–H groups in total. The molecule has 0 saturated heterocycles. The maximum absolute atomic E-state index is 11.1. The number of anilines is 1. The van der Waals surface area contributed by atoms with Crippen molar-refractivity contribution >= 4 is 16.7 Å². The van der Waals surface area contributed by atoms with Crippen LogP contribution in [0.4, 0.5) is 5.95 Å². The monoisotopic (exact) mass is 277 g/mol. The highest BCUT2D eigenvalue weighted by Gasteiger charge is 2.08. The number of hydrogen-bond acceptors (Lipinski definition) is 3. The summed E-state index contributed by atoms with van der Waals surface area (Å²) in [6.07, 6.45) is 6.31. The number of para-hydroxylation sites is 1. The number of nitrogens with zero attached hydrogens (tertiary/aromatic N) is 2. The first-order valence-corrected chi connectivity index (χ1v) is 8.05. The minimum atomic E-state index is -0.743. The van der Waals surface area contributed by atoms with Gasteiger partial charge in [-0.05, 0) is 25.5 Å². The standard InChI is InChI=1S/C14H19N3OS/c1-12(8-11-19(2)18)16-14-15-9-10-17(14)13-6-4-3-5-7-13/h3-7,9-10,12H,8,11H2,1-2H3,(H,15,16). The molecule has 0 aliphatic carbocycles. The second-order valence-electron chi connectivity index (χ2n) is 4.57. The molecule has 2 atom stereocenters. The van der Waals surface area contributed by atoms with E-state index in [-0.39, 0.29) is 6.04 Å². The Bertz CT molecular complexity index is 539. The predicted molar refractivity (Wildman–Crippen MR) is 80.2 cm³/mol. The Balaban J connectivity index is 2.06. The maximum Gasteiger partial charge on any atom is 0.207 e. The largest absolute Gasteiger partial charge is 0.353 e. The molecule has 0 aliphatic heterocycles. The van der Waals surface area contributed by atoms with E-state index < -0.39 is 10.8 Å². The second-order valence-corrected chi connectivity index (χ2v) is 6.12. The summed E-state index contributed by atoms with van der Waals surface area (Å²) >= 11 is 0. The summed E-state index contributed by atoms with van der Waals surface area (Å²) < 4.78 is 13.1. The van der Waals surface area contributed by atoms with Crippen LogP contribution in [0.2, 0.25) is 0 Å². The van der Waals surface area contributed by atoms with Crippen LogP contribution in [0.25, 0.3) is 5.69 Å². The van der Waals surface area contributed by atoms with Crippen molar-refractivity contribution < 1.29 is 4.21 Å². The first-order valence-electron chi connectivity index (χ1n) is 6.32. The van der Waals surface area contributed by atoms with E-state index in [1.165, 1.54) is 0 Å². The van der Waals surface area contributed by atoms with Crippen LogP contribution in [0.5, 0.6) is 0 Å². The molecule has 0 radical (unpaired) electrons. The molecular weight excluding hydrogens is 258 g/mol. The predicted octanol–water partition coefficient (Wildman–Crippen LogP) is 2.44. The molecule has 0 amide bonds. The van der Waals surface area contributed by atoms with Crippen molar-refractivity contribution in [2.75, 3.05) is 17.3 Å². The van der Waals surface area contributed by atoms with Crippen LogP contribution >= 0.6 is 0 Å². The molecule has 1 aromatic heterocycles. The summed E-state index contributed by atoms with van der Waals surface area (Å²) in [4.78, 5) is 4.34. The number of benzene rings is 1. The van der Waals surface area contributed by atoms with Crippen molar-refractivity contribution in [3.8, 4) is 5.69 Å². The van der Waals surface area contributed by atoms with Gasteiger partial charge in [-0.25, -0.2) is 4.98 Å². The quantitative estimate of drug-likeness (QED) is 0.882. The van der Waals surface area contributed by atoms with Gasteiger partial charge in [0.05, 0.1) is 0 Å². The summed E-state index contributed by atoms with van der Waals surface area (Å²) in [7, 11) is -0.743. The normalized spacial score (nSPS) is 14.0. The third-order valence-corrected chi connectivity index (χ3v) is 3.70. The van der Waals surface area contributed by atoms with Crippen molar-refractivity contribution in [3.05, 3.63) is 42.7 Å². The van der Waals surface area contributed by atoms with Crippen LogP contribution < -0.4 is 5.32 Å². The third-order valence-electron chi connectivity index (χ3n) is 2.89. The Hall–Kier alpha value is -1.62. The average molecular weight is 277 g/mol. The molecular formula is C14H19N3OS. The lowest BCUT2D eigenvalue weighted by molar-refractivity contribution is 0.677. The minimum Gasteiger partial charge on any atom is -0.353 e. The SMILES string of the molecule is CC(CCS(C)=O)Nc1nccn1-c1ccccc1. The van der Waals surface area contributed by atoms with E-state index in [1.807, 2.05) is 41.1 Å². The zero-order valence-corrected chi connectivity index (χ0v) is 12.1. The van der Waals surface area contributed by atoms with Gasteiger partial charge in [0.15, 0.2) is 0 Å². The molecule has 2 rings (SSSR count). The molecule has 2 aromatic rings. The van der Waals surface area contributed by atoms with Crippen molar-refractivity contribution in [1.82, 2.24) is 9.55 Å². The van der Waals surface area contributed by atoms with Crippen LogP contribution in [-0.4, -0.2) is 31.8 Å². The van der Waals surface area contributed by atoms with Gasteiger partial charge < -0.3 is 5.32 Å². The molecule has 0 saturated carbocycles. The third kappa shape index (κ3) is 3.92. The van der Waals surface area contributed by atoms with E-state index in [1.54, 1.807) is 12.5 Å². The fourth-order valence-corrected chi connectivity index (χ4v) is 2.53. The highest BCUT2D eigenvalue weighted by molar-refractivity contribution is 7.84. The summed E-state index contributed by atoms with van der Waals surface area (Å²) in [6, 6.07) is 10.3. The maximum atomic E-state index is 11.1. The zero-order valence-electron chi connectivity index (χ0n) is 11.2. The van der Waals surface area contributed by atoms with E-state index in [9.17, 15) is 4.21 Å². The van der Waals surface area contributed by atoms with Crippen molar-refractivity contribution in [2.24, 2.45) is 0 Å². The van der Waals surface area contributed by atoms with Crippen molar-refractivity contribution in [1.29, 1.82) is 0 Å². The van der Waals surface area contributed by atoms with Crippen LogP contribution in [0.15, 0.2) is 42.7 Å². The first-order chi connectivity index (χ1) is 9.16. The second kappa shape index (κ2) is 6.52. The van der Waals surface area contributed by atoms with E-state index in [0.717, 1.165) is 18.1 Å². The van der Waals surface area contributed by atoms with Crippen molar-refractivity contribution in [3.63, 3.8) is 0 Å². The molecule has 5 heteroatoms. The number of imidazole rings is 1. The molecule has 0 fully saturated rings. The molecule has 2 unspecified atom stereocenters. The smallest absolute Gasteiger partial charge is 0.207 e.